The zero-order valence-corrected chi connectivity index (χ0v) is 16.2. The molecule has 0 N–H and O–H groups in total. The van der Waals surface area contributed by atoms with E-state index in [-0.39, 0.29) is 5.91 Å². The number of amides is 1. The second-order valence-corrected chi connectivity index (χ2v) is 7.61. The number of carbonyl (C=O) groups is 1. The molecule has 0 spiro atoms. The topological polar surface area (TPSA) is 29.5 Å². The molecule has 2 aromatic rings. The molecule has 1 aliphatic rings. The van der Waals surface area contributed by atoms with Crippen LogP contribution in [0.2, 0.25) is 5.02 Å². The third kappa shape index (κ3) is 4.36. The van der Waals surface area contributed by atoms with E-state index in [0.29, 0.717) is 27.4 Å². The minimum absolute atomic E-state index is 0.0843. The third-order valence-corrected chi connectivity index (χ3v) is 5.46. The second-order valence-electron chi connectivity index (χ2n) is 5.53. The van der Waals surface area contributed by atoms with Crippen LogP contribution in [-0.2, 0) is 11.4 Å². The molecule has 1 amide bonds. The van der Waals surface area contributed by atoms with Crippen molar-refractivity contribution < 1.29 is 9.53 Å². The number of nitrogens with zero attached hydrogens (tertiary/aromatic N) is 1. The Bertz CT molecular complexity index is 878. The first-order valence-corrected chi connectivity index (χ1v) is 9.51. The van der Waals surface area contributed by atoms with E-state index in [9.17, 15) is 4.79 Å². The lowest BCUT2D eigenvalue weighted by Crippen LogP contribution is -2.27. The molecule has 1 aliphatic heterocycles. The highest BCUT2D eigenvalue weighted by Gasteiger charge is 2.30. The van der Waals surface area contributed by atoms with E-state index >= 15 is 0 Å². The van der Waals surface area contributed by atoms with Crippen molar-refractivity contribution in [2.75, 3.05) is 6.54 Å². The molecule has 0 aliphatic carbocycles. The van der Waals surface area contributed by atoms with Crippen molar-refractivity contribution in [2.24, 2.45) is 0 Å². The van der Waals surface area contributed by atoms with Crippen LogP contribution in [0.4, 0.5) is 0 Å². The minimum Gasteiger partial charge on any atom is -0.489 e. The van der Waals surface area contributed by atoms with E-state index in [1.807, 2.05) is 54.6 Å². The summed E-state index contributed by atoms with van der Waals surface area (Å²) in [6.07, 6.45) is 3.50. The van der Waals surface area contributed by atoms with E-state index < -0.39 is 0 Å². The fourth-order valence-electron chi connectivity index (χ4n) is 2.37. The Labute approximate surface area is 167 Å². The molecule has 0 atom stereocenters. The van der Waals surface area contributed by atoms with Gasteiger partial charge in [-0.15, -0.1) is 6.58 Å². The van der Waals surface area contributed by atoms with Gasteiger partial charge in [-0.3, -0.25) is 9.69 Å². The Morgan fingerprint density at radius 3 is 2.62 bits per heavy atom. The molecule has 0 saturated carbocycles. The van der Waals surface area contributed by atoms with Crippen molar-refractivity contribution in [3.05, 3.63) is 82.2 Å². The average Bonchev–Trinajstić information content (AvgIpc) is 2.90. The summed E-state index contributed by atoms with van der Waals surface area (Å²) in [5.41, 5.74) is 1.85. The Morgan fingerprint density at radius 2 is 1.92 bits per heavy atom. The van der Waals surface area contributed by atoms with Gasteiger partial charge in [-0.2, -0.15) is 0 Å². The quantitative estimate of drug-likeness (QED) is 0.373. The maximum atomic E-state index is 12.3. The number of benzene rings is 2. The molecule has 132 valence electrons. The van der Waals surface area contributed by atoms with E-state index in [1.165, 1.54) is 11.8 Å². The van der Waals surface area contributed by atoms with Crippen molar-refractivity contribution in [1.82, 2.24) is 4.90 Å². The summed E-state index contributed by atoms with van der Waals surface area (Å²) in [4.78, 5) is 14.5. The second kappa shape index (κ2) is 8.54. The van der Waals surface area contributed by atoms with E-state index in [2.05, 4.69) is 6.58 Å². The Hall–Kier alpha value is -2.08. The van der Waals surface area contributed by atoms with Gasteiger partial charge in [0.05, 0.1) is 4.91 Å². The van der Waals surface area contributed by atoms with Gasteiger partial charge >= 0.3 is 0 Å². The maximum Gasteiger partial charge on any atom is 0.266 e. The van der Waals surface area contributed by atoms with Gasteiger partial charge in [0.1, 0.15) is 16.7 Å². The largest absolute Gasteiger partial charge is 0.489 e. The number of halogens is 1. The van der Waals surface area contributed by atoms with Crippen LogP contribution in [0.5, 0.6) is 5.75 Å². The molecule has 3 nitrogen and oxygen atoms in total. The third-order valence-electron chi connectivity index (χ3n) is 3.72. The molecule has 26 heavy (non-hydrogen) atoms. The molecule has 1 fully saturated rings. The summed E-state index contributed by atoms with van der Waals surface area (Å²) in [5.74, 6) is 0.653. The first-order chi connectivity index (χ1) is 12.6. The molecule has 6 heteroatoms. The first-order valence-electron chi connectivity index (χ1n) is 7.91. The van der Waals surface area contributed by atoms with Crippen molar-refractivity contribution in [2.45, 2.75) is 6.61 Å². The lowest BCUT2D eigenvalue weighted by Gasteiger charge is -2.10. The van der Waals surface area contributed by atoms with Crippen LogP contribution in [-0.4, -0.2) is 21.7 Å². The van der Waals surface area contributed by atoms with Crippen molar-refractivity contribution in [1.29, 1.82) is 0 Å². The number of hydrogen-bond acceptors (Lipinski definition) is 4. The summed E-state index contributed by atoms with van der Waals surface area (Å²) in [6, 6.07) is 15.1. The van der Waals surface area contributed by atoms with Crippen molar-refractivity contribution >= 4 is 51.9 Å². The Kier molecular flexibility index (Phi) is 6.14. The van der Waals surface area contributed by atoms with Gasteiger partial charge in [-0.1, -0.05) is 72.0 Å². The molecular weight excluding hydrogens is 386 g/mol. The zero-order valence-electron chi connectivity index (χ0n) is 13.9. The van der Waals surface area contributed by atoms with Crippen LogP contribution in [0.1, 0.15) is 11.1 Å². The van der Waals surface area contributed by atoms with Crippen LogP contribution < -0.4 is 4.74 Å². The number of thioether (sulfide) groups is 1. The minimum atomic E-state index is -0.0843. The van der Waals surface area contributed by atoms with E-state index in [1.54, 1.807) is 11.0 Å². The van der Waals surface area contributed by atoms with Crippen LogP contribution in [0.15, 0.2) is 66.1 Å². The predicted octanol–water partition coefficient (Wildman–Crippen LogP) is 5.31. The summed E-state index contributed by atoms with van der Waals surface area (Å²) in [5, 5.41) is 0.686. The Morgan fingerprint density at radius 1 is 1.19 bits per heavy atom. The molecule has 0 aromatic heterocycles. The molecule has 1 heterocycles. The first kappa shape index (κ1) is 18.7. The number of rotatable bonds is 6. The van der Waals surface area contributed by atoms with Crippen LogP contribution >= 0.6 is 35.6 Å². The summed E-state index contributed by atoms with van der Waals surface area (Å²) in [7, 11) is 0. The number of hydrogen-bond donors (Lipinski definition) is 0. The average molecular weight is 402 g/mol. The Balaban J connectivity index is 1.66. The van der Waals surface area contributed by atoms with Gasteiger partial charge in [-0.05, 0) is 29.8 Å². The molecule has 1 saturated heterocycles. The molecule has 0 bridgehead atoms. The molecular formula is C20H16ClNO2S2. The van der Waals surface area contributed by atoms with Gasteiger partial charge < -0.3 is 4.74 Å². The molecule has 3 rings (SSSR count). The van der Waals surface area contributed by atoms with Crippen molar-refractivity contribution in [3.63, 3.8) is 0 Å². The summed E-state index contributed by atoms with van der Waals surface area (Å²) >= 11 is 12.7. The highest BCUT2D eigenvalue weighted by molar-refractivity contribution is 8.26. The van der Waals surface area contributed by atoms with Gasteiger partial charge in [-0.25, -0.2) is 0 Å². The maximum absolute atomic E-state index is 12.3. The number of carbonyl (C=O) groups excluding carboxylic acids is 1. The van der Waals surface area contributed by atoms with Crippen LogP contribution in [0, 0.1) is 0 Å². The SMILES string of the molecule is C=CCN1C(=O)/C(=C/c2ccc(OCc3ccccc3Cl)cc2)SC1=S. The highest BCUT2D eigenvalue weighted by atomic mass is 35.5. The van der Waals surface area contributed by atoms with Gasteiger partial charge in [0, 0.05) is 17.1 Å². The number of ether oxygens (including phenoxy) is 1. The normalized spacial score (nSPS) is 15.6. The summed E-state index contributed by atoms with van der Waals surface area (Å²) in [6.45, 7) is 4.48. The van der Waals surface area contributed by atoms with Crippen LogP contribution in [0.3, 0.4) is 0 Å². The predicted molar refractivity (Wildman–Crippen MR) is 112 cm³/mol. The van der Waals surface area contributed by atoms with E-state index in [4.69, 9.17) is 28.6 Å². The van der Waals surface area contributed by atoms with Gasteiger partial charge in [0.25, 0.3) is 5.91 Å². The lowest BCUT2D eigenvalue weighted by atomic mass is 10.2. The fourth-order valence-corrected chi connectivity index (χ4v) is 3.84. The van der Waals surface area contributed by atoms with Gasteiger partial charge in [0.2, 0.25) is 0 Å². The smallest absolute Gasteiger partial charge is 0.266 e. The monoisotopic (exact) mass is 401 g/mol. The standard InChI is InChI=1S/C20H16ClNO2S2/c1-2-11-22-19(23)18(26-20(22)25)12-14-7-9-16(10-8-14)24-13-15-5-3-4-6-17(15)21/h2-10,12H,1,11,13H2/b18-12-. The van der Waals surface area contributed by atoms with Gasteiger partial charge in [0.15, 0.2) is 0 Å². The van der Waals surface area contributed by atoms with Crippen molar-refractivity contribution in [3.8, 4) is 5.75 Å². The summed E-state index contributed by atoms with van der Waals surface area (Å²) < 4.78 is 6.32. The van der Waals surface area contributed by atoms with E-state index in [0.717, 1.165) is 16.9 Å². The highest BCUT2D eigenvalue weighted by Crippen LogP contribution is 2.32. The molecule has 2 aromatic carbocycles. The molecule has 0 radical (unpaired) electrons. The molecule has 0 unspecified atom stereocenters. The fraction of sp³-hybridized carbons (Fsp3) is 0.100. The number of thiocarbonyl (C=S) groups is 1. The lowest BCUT2D eigenvalue weighted by molar-refractivity contribution is -0.121. The zero-order chi connectivity index (χ0) is 18.5. The van der Waals surface area contributed by atoms with Crippen LogP contribution in [0.25, 0.3) is 6.08 Å².